The Balaban J connectivity index is 1.60. The summed E-state index contributed by atoms with van der Waals surface area (Å²) in [6.07, 6.45) is 1.99. The number of fused-ring (bicyclic) bond motifs is 1. The van der Waals surface area contributed by atoms with Gasteiger partial charge in [0.15, 0.2) is 11.5 Å². The standard InChI is InChI=1S/C25H23FN6O4/c1-4-23(33)31-7-8-32(15(2)13-31)25(34)36-22-10-18-20(11-21(22)35-3)28-14-29-24(18)30-17-6-5-16(12-27)19(26)9-17/h4-6,9-11,14-15H,1,7-8,13H2,2-3H3,(H,28,29,30)/t15-/m1/s1. The molecule has 0 bridgehead atoms. The summed E-state index contributed by atoms with van der Waals surface area (Å²) in [6, 6.07) is 8.78. The number of hydrogen-bond donors (Lipinski definition) is 1. The number of carbonyl (C=O) groups is 2. The van der Waals surface area contributed by atoms with E-state index in [-0.39, 0.29) is 29.0 Å². The lowest BCUT2D eigenvalue weighted by Crippen LogP contribution is -2.55. The summed E-state index contributed by atoms with van der Waals surface area (Å²) in [5.74, 6) is -0.0722. The first-order valence-electron chi connectivity index (χ1n) is 11.0. The summed E-state index contributed by atoms with van der Waals surface area (Å²) in [7, 11) is 1.45. The molecular formula is C25H23FN6O4. The summed E-state index contributed by atoms with van der Waals surface area (Å²) in [5, 5.41) is 12.5. The van der Waals surface area contributed by atoms with Crippen LogP contribution in [0.4, 0.5) is 20.7 Å². The van der Waals surface area contributed by atoms with E-state index in [4.69, 9.17) is 14.7 Å². The first-order valence-corrected chi connectivity index (χ1v) is 11.0. The normalized spacial score (nSPS) is 15.2. The van der Waals surface area contributed by atoms with Gasteiger partial charge in [0.25, 0.3) is 0 Å². The van der Waals surface area contributed by atoms with Crippen LogP contribution >= 0.6 is 0 Å². The molecule has 2 aromatic carbocycles. The summed E-state index contributed by atoms with van der Waals surface area (Å²) in [5.41, 5.74) is 0.806. The maximum Gasteiger partial charge on any atom is 0.415 e. The van der Waals surface area contributed by atoms with Gasteiger partial charge in [-0.05, 0) is 37.3 Å². The lowest BCUT2D eigenvalue weighted by Gasteiger charge is -2.38. The summed E-state index contributed by atoms with van der Waals surface area (Å²) in [6.45, 7) is 6.35. The number of methoxy groups -OCH3 is 1. The summed E-state index contributed by atoms with van der Waals surface area (Å²) < 4.78 is 25.2. The third kappa shape index (κ3) is 4.88. The fourth-order valence-corrected chi connectivity index (χ4v) is 3.93. The van der Waals surface area contributed by atoms with Crippen LogP contribution in [-0.4, -0.2) is 64.6 Å². The van der Waals surface area contributed by atoms with Gasteiger partial charge in [0.05, 0.1) is 18.2 Å². The van der Waals surface area contributed by atoms with E-state index in [2.05, 4.69) is 21.9 Å². The highest BCUT2D eigenvalue weighted by Gasteiger charge is 2.31. The Bertz CT molecular complexity index is 1390. The van der Waals surface area contributed by atoms with E-state index in [1.54, 1.807) is 29.2 Å². The predicted molar refractivity (Wildman–Crippen MR) is 129 cm³/mol. The number of piperazine rings is 1. The van der Waals surface area contributed by atoms with E-state index in [9.17, 15) is 14.0 Å². The SMILES string of the molecule is C=CC(=O)N1CCN(C(=O)Oc2cc3c(Nc4ccc(C#N)c(F)c4)ncnc3cc2OC)[C@H](C)C1. The molecule has 1 aliphatic heterocycles. The third-order valence-corrected chi connectivity index (χ3v) is 5.82. The molecule has 0 spiro atoms. The van der Waals surface area contributed by atoms with Crippen molar-refractivity contribution in [3.05, 3.63) is 60.7 Å². The number of nitriles is 1. The molecule has 1 aliphatic rings. The van der Waals surface area contributed by atoms with E-state index < -0.39 is 11.9 Å². The minimum absolute atomic E-state index is 0.0732. The number of benzene rings is 2. The highest BCUT2D eigenvalue weighted by molar-refractivity contribution is 5.93. The number of ether oxygens (including phenoxy) is 2. The summed E-state index contributed by atoms with van der Waals surface area (Å²) in [4.78, 5) is 36.6. The monoisotopic (exact) mass is 490 g/mol. The number of nitrogens with one attached hydrogen (secondary N) is 1. The first kappa shape index (κ1) is 24.4. The molecule has 10 nitrogen and oxygen atoms in total. The molecule has 2 heterocycles. The minimum Gasteiger partial charge on any atom is -0.493 e. The van der Waals surface area contributed by atoms with Crippen LogP contribution in [0.1, 0.15) is 12.5 Å². The molecule has 1 fully saturated rings. The molecule has 3 aromatic rings. The molecule has 184 valence electrons. The molecule has 2 amide bonds. The molecule has 0 aliphatic carbocycles. The van der Waals surface area contributed by atoms with Gasteiger partial charge >= 0.3 is 6.09 Å². The van der Waals surface area contributed by atoms with Crippen molar-refractivity contribution in [3.8, 4) is 17.6 Å². The van der Waals surface area contributed by atoms with Gasteiger partial charge in [0.2, 0.25) is 5.91 Å². The fourth-order valence-electron chi connectivity index (χ4n) is 3.93. The van der Waals surface area contributed by atoms with Gasteiger partial charge in [-0.2, -0.15) is 5.26 Å². The maximum absolute atomic E-state index is 14.1. The lowest BCUT2D eigenvalue weighted by atomic mass is 10.2. The van der Waals surface area contributed by atoms with Gasteiger partial charge in [-0.1, -0.05) is 6.58 Å². The van der Waals surface area contributed by atoms with Gasteiger partial charge in [-0.25, -0.2) is 19.2 Å². The van der Waals surface area contributed by atoms with E-state index in [1.807, 2.05) is 6.92 Å². The van der Waals surface area contributed by atoms with E-state index >= 15 is 0 Å². The molecule has 0 unspecified atom stereocenters. The van der Waals surface area contributed by atoms with Crippen molar-refractivity contribution in [3.63, 3.8) is 0 Å². The van der Waals surface area contributed by atoms with Crippen molar-refractivity contribution in [2.45, 2.75) is 13.0 Å². The lowest BCUT2D eigenvalue weighted by molar-refractivity contribution is -0.128. The Morgan fingerprint density at radius 3 is 2.72 bits per heavy atom. The van der Waals surface area contributed by atoms with Crippen molar-refractivity contribution < 1.29 is 23.5 Å². The highest BCUT2D eigenvalue weighted by atomic mass is 19.1. The third-order valence-electron chi connectivity index (χ3n) is 5.82. The number of rotatable bonds is 5. The Labute approximate surface area is 206 Å². The smallest absolute Gasteiger partial charge is 0.415 e. The summed E-state index contributed by atoms with van der Waals surface area (Å²) >= 11 is 0. The number of amides is 2. The van der Waals surface area contributed by atoms with Crippen LogP contribution in [0.25, 0.3) is 10.9 Å². The predicted octanol–water partition coefficient (Wildman–Crippen LogP) is 3.61. The quantitative estimate of drug-likeness (QED) is 0.539. The zero-order valence-electron chi connectivity index (χ0n) is 19.7. The average Bonchev–Trinajstić information content (AvgIpc) is 2.88. The van der Waals surface area contributed by atoms with Crippen LogP contribution < -0.4 is 14.8 Å². The van der Waals surface area contributed by atoms with Crippen LogP contribution in [0.2, 0.25) is 0 Å². The highest BCUT2D eigenvalue weighted by Crippen LogP contribution is 2.35. The maximum atomic E-state index is 14.1. The molecule has 11 heteroatoms. The molecule has 1 N–H and O–H groups in total. The van der Waals surface area contributed by atoms with E-state index in [0.717, 1.165) is 0 Å². The largest absolute Gasteiger partial charge is 0.493 e. The van der Waals surface area contributed by atoms with Gasteiger partial charge in [0, 0.05) is 42.8 Å². The zero-order chi connectivity index (χ0) is 25.8. The number of anilines is 2. The van der Waals surface area contributed by atoms with E-state index in [0.29, 0.717) is 42.0 Å². The number of hydrogen-bond acceptors (Lipinski definition) is 8. The average molecular weight is 490 g/mol. The van der Waals surface area contributed by atoms with Crippen molar-refractivity contribution in [2.75, 3.05) is 32.1 Å². The van der Waals surface area contributed by atoms with Crippen LogP contribution in [0.3, 0.4) is 0 Å². The van der Waals surface area contributed by atoms with Crippen molar-refractivity contribution in [1.29, 1.82) is 5.26 Å². The fraction of sp³-hybridized carbons (Fsp3) is 0.240. The molecule has 0 radical (unpaired) electrons. The molecule has 0 saturated carbocycles. The number of nitrogens with zero attached hydrogens (tertiary/aromatic N) is 5. The molecular weight excluding hydrogens is 467 g/mol. The molecule has 36 heavy (non-hydrogen) atoms. The van der Waals surface area contributed by atoms with Gasteiger partial charge in [0.1, 0.15) is 24.0 Å². The number of aromatic nitrogens is 2. The molecule has 4 rings (SSSR count). The second-order valence-electron chi connectivity index (χ2n) is 8.07. The van der Waals surface area contributed by atoms with Crippen LogP contribution in [-0.2, 0) is 4.79 Å². The van der Waals surface area contributed by atoms with Crippen molar-refractivity contribution in [2.24, 2.45) is 0 Å². The van der Waals surface area contributed by atoms with Gasteiger partial charge in [-0.15, -0.1) is 0 Å². The number of carbonyl (C=O) groups excluding carboxylic acids is 2. The van der Waals surface area contributed by atoms with E-state index in [1.165, 1.54) is 36.5 Å². The Morgan fingerprint density at radius 1 is 1.25 bits per heavy atom. The Morgan fingerprint density at radius 2 is 2.06 bits per heavy atom. The Kier molecular flexibility index (Phi) is 6.96. The molecule has 1 atom stereocenters. The topological polar surface area (TPSA) is 121 Å². The second kappa shape index (κ2) is 10.3. The number of halogens is 1. The van der Waals surface area contributed by atoms with Crippen molar-refractivity contribution >= 4 is 34.4 Å². The van der Waals surface area contributed by atoms with Gasteiger partial charge in [-0.3, -0.25) is 4.79 Å². The Hall–Kier alpha value is -4.72. The molecule has 1 saturated heterocycles. The van der Waals surface area contributed by atoms with Gasteiger partial charge < -0.3 is 24.6 Å². The zero-order valence-corrected chi connectivity index (χ0v) is 19.7. The van der Waals surface area contributed by atoms with Crippen LogP contribution in [0.15, 0.2) is 49.3 Å². The van der Waals surface area contributed by atoms with Crippen LogP contribution in [0.5, 0.6) is 11.5 Å². The van der Waals surface area contributed by atoms with Crippen LogP contribution in [0, 0.1) is 17.1 Å². The second-order valence-corrected chi connectivity index (χ2v) is 8.07. The van der Waals surface area contributed by atoms with Crippen molar-refractivity contribution in [1.82, 2.24) is 19.8 Å². The minimum atomic E-state index is -0.666. The first-order chi connectivity index (χ1) is 17.3. The molecule has 1 aromatic heterocycles.